The monoisotopic (exact) mass is 978 g/mol. The quantitative estimate of drug-likeness (QED) is 0.0175. The topological polar surface area (TPSA) is 287 Å². The number of alkyl halides is 1. The standard InChI is InChI=1S/C9H15N3O3S.C7H15BO3.C7H14O3.C5H9N3O2.C5H10O3.C3H8O.C2H5Br/c1-3-4-15-6-10-8(14)11-9-12(2)7(13)5-16-9;1-6(2)7(3,4)11-8(5-9)10-6;1-3-5-9-6-7(8)10-4-2;1-2-3-10-4-5(9)7-8-6;1-2-3-8-4-5(6)7;1-2-3-4;1-2-3/h3-6H2,1-2H3,(H,10,14);9H,5H2,1-4H3;3-6H2,1-2H3;2-4H2,1H3;2-4H2,1H3,(H,6,7);4H,2-3H2,1H3;2H2,1H3. The number of aliphatic hydroxyl groups is 2. The lowest BCUT2D eigenvalue weighted by Gasteiger charge is -2.32. The van der Waals surface area contributed by atoms with Gasteiger partial charge in [0.1, 0.15) is 26.6 Å². The molecule has 62 heavy (non-hydrogen) atoms. The summed E-state index contributed by atoms with van der Waals surface area (Å²) in [5.74, 6) is -1.46. The summed E-state index contributed by atoms with van der Waals surface area (Å²) in [6.45, 7) is 24.3. The fourth-order valence-corrected chi connectivity index (χ4v) is 4.11. The molecular formula is C38H76BBrN6O15S. The summed E-state index contributed by atoms with van der Waals surface area (Å²) in [5.41, 5.74) is 7.14. The summed E-state index contributed by atoms with van der Waals surface area (Å²) in [6.07, 6.45) is 4.42. The van der Waals surface area contributed by atoms with E-state index in [0.29, 0.717) is 50.6 Å². The molecule has 21 nitrogen and oxygen atoms in total. The van der Waals surface area contributed by atoms with Crippen LogP contribution in [0.3, 0.4) is 0 Å². The molecule has 4 amide bonds. The molecule has 0 aromatic rings. The molecule has 2 saturated heterocycles. The fraction of sp³-hybridized carbons (Fsp3) is 0.842. The Kier molecular flexibility index (Phi) is 52.3. The third-order valence-corrected chi connectivity index (χ3v) is 7.72. The molecule has 0 saturated carbocycles. The lowest BCUT2D eigenvalue weighted by Crippen LogP contribution is -2.41. The number of aliphatic hydroxyl groups excluding tert-OH is 2. The molecule has 0 unspecified atom stereocenters. The van der Waals surface area contributed by atoms with Gasteiger partial charge in [-0.2, -0.15) is 4.99 Å². The van der Waals surface area contributed by atoms with Gasteiger partial charge >= 0.3 is 25.1 Å². The molecule has 0 spiro atoms. The van der Waals surface area contributed by atoms with Crippen LogP contribution in [-0.2, 0) is 52.2 Å². The van der Waals surface area contributed by atoms with Gasteiger partial charge in [0.15, 0.2) is 5.17 Å². The second-order valence-corrected chi connectivity index (χ2v) is 15.0. The van der Waals surface area contributed by atoms with Crippen LogP contribution in [0.15, 0.2) is 10.1 Å². The molecule has 0 radical (unpaired) electrons. The highest BCUT2D eigenvalue weighted by Crippen LogP contribution is 2.36. The number of esters is 1. The molecule has 0 bridgehead atoms. The van der Waals surface area contributed by atoms with Crippen LogP contribution in [-0.4, -0.2) is 164 Å². The Labute approximate surface area is 381 Å². The minimum Gasteiger partial charge on any atom is -0.480 e. The van der Waals surface area contributed by atoms with E-state index in [1.54, 1.807) is 14.0 Å². The maximum Gasteiger partial charge on any atom is 0.485 e. The second kappa shape index (κ2) is 47.6. The van der Waals surface area contributed by atoms with Crippen molar-refractivity contribution in [1.82, 2.24) is 10.2 Å². The zero-order valence-corrected chi connectivity index (χ0v) is 41.5. The van der Waals surface area contributed by atoms with Crippen LogP contribution in [0.4, 0.5) is 4.79 Å². The summed E-state index contributed by atoms with van der Waals surface area (Å²) in [5, 5.41) is 31.5. The van der Waals surface area contributed by atoms with Crippen LogP contribution < -0.4 is 5.32 Å². The minimum absolute atomic E-state index is 0.0428. The predicted molar refractivity (Wildman–Crippen MR) is 244 cm³/mol. The Balaban J connectivity index is -0.000000214. The van der Waals surface area contributed by atoms with Gasteiger partial charge in [-0.3, -0.25) is 14.5 Å². The van der Waals surface area contributed by atoms with E-state index < -0.39 is 25.0 Å². The Bertz CT molecular complexity index is 1220. The molecule has 24 heteroatoms. The number of hydrogen-bond donors (Lipinski definition) is 4. The zero-order chi connectivity index (χ0) is 48.8. The average Bonchev–Trinajstić information content (AvgIpc) is 3.64. The van der Waals surface area contributed by atoms with E-state index in [2.05, 4.69) is 45.7 Å². The van der Waals surface area contributed by atoms with Gasteiger partial charge in [-0.05, 0) is 77.4 Å². The second-order valence-electron chi connectivity index (χ2n) is 13.0. The molecule has 2 fully saturated rings. The van der Waals surface area contributed by atoms with E-state index in [1.807, 2.05) is 69.2 Å². The average molecular weight is 980 g/mol. The number of nitrogens with one attached hydrogen (secondary N) is 1. The van der Waals surface area contributed by atoms with Crippen molar-refractivity contribution in [1.29, 1.82) is 0 Å². The maximum absolute atomic E-state index is 11.3. The molecule has 2 rings (SSSR count). The van der Waals surface area contributed by atoms with Crippen molar-refractivity contribution in [2.24, 2.45) is 10.1 Å². The number of aliphatic carboxylic acids is 1. The van der Waals surface area contributed by atoms with Gasteiger partial charge in [0.2, 0.25) is 11.8 Å². The number of rotatable bonds is 19. The number of thioether (sulfide) groups is 1. The number of ether oxygens (including phenoxy) is 5. The van der Waals surface area contributed by atoms with Crippen LogP contribution in [0.2, 0.25) is 0 Å². The maximum atomic E-state index is 11.3. The van der Waals surface area contributed by atoms with Crippen LogP contribution in [0, 0.1) is 0 Å². The Morgan fingerprint density at radius 3 is 1.66 bits per heavy atom. The lowest BCUT2D eigenvalue weighted by atomic mass is 9.90. The number of carboxylic acids is 1. The fourth-order valence-electron chi connectivity index (χ4n) is 3.22. The molecule has 364 valence electrons. The number of amides is 4. The molecule has 0 aromatic heterocycles. The molecule has 2 heterocycles. The van der Waals surface area contributed by atoms with Crippen LogP contribution in [0.25, 0.3) is 10.4 Å². The molecular weight excluding hydrogens is 903 g/mol. The van der Waals surface area contributed by atoms with Crippen molar-refractivity contribution in [2.75, 3.05) is 90.8 Å². The number of halogens is 1. The first-order chi connectivity index (χ1) is 29.3. The van der Waals surface area contributed by atoms with Crippen molar-refractivity contribution < 1.29 is 72.3 Å². The Hall–Kier alpha value is -2.90. The predicted octanol–water partition coefficient (Wildman–Crippen LogP) is 5.76. The van der Waals surface area contributed by atoms with Crippen molar-refractivity contribution in [3.8, 4) is 0 Å². The Morgan fingerprint density at radius 1 is 0.855 bits per heavy atom. The first-order valence-electron chi connectivity index (χ1n) is 20.4. The van der Waals surface area contributed by atoms with E-state index in [1.165, 1.54) is 16.7 Å². The lowest BCUT2D eigenvalue weighted by molar-refractivity contribution is -0.148. The van der Waals surface area contributed by atoms with E-state index in [0.717, 1.165) is 37.4 Å². The van der Waals surface area contributed by atoms with Gasteiger partial charge in [0, 0.05) is 50.3 Å². The van der Waals surface area contributed by atoms with Crippen LogP contribution >= 0.6 is 27.7 Å². The number of aliphatic imine (C=N–C) groups is 1. The molecule has 0 aliphatic carbocycles. The van der Waals surface area contributed by atoms with E-state index >= 15 is 0 Å². The molecule has 2 aliphatic heterocycles. The highest BCUT2D eigenvalue weighted by atomic mass is 79.9. The number of carbonyl (C=O) groups excluding carboxylic acids is 4. The van der Waals surface area contributed by atoms with Crippen molar-refractivity contribution in [3.63, 3.8) is 0 Å². The molecule has 4 N–H and O–H groups in total. The Morgan fingerprint density at radius 2 is 1.31 bits per heavy atom. The van der Waals surface area contributed by atoms with Crippen molar-refractivity contribution >= 4 is 69.8 Å². The largest absolute Gasteiger partial charge is 0.485 e. The number of azide groups is 1. The third-order valence-electron chi connectivity index (χ3n) is 6.71. The molecule has 0 atom stereocenters. The first-order valence-corrected chi connectivity index (χ1v) is 22.5. The summed E-state index contributed by atoms with van der Waals surface area (Å²) in [6, 6.07) is -0.486. The molecule has 2 aliphatic rings. The van der Waals surface area contributed by atoms with Crippen molar-refractivity contribution in [3.05, 3.63) is 10.4 Å². The van der Waals surface area contributed by atoms with Crippen LogP contribution in [0.1, 0.15) is 108 Å². The SMILES string of the molecule is CC1(C)OB(CO)OC1(C)C.CCBr.CCCO.CCCOCC(=O)N=[N+]=[N-].CCCOCC(=O)O.CCCOCC(=O)OCC.CCCOCNC(=O)N=C1SCC(=O)N1C. The van der Waals surface area contributed by atoms with Gasteiger partial charge in [-0.25, -0.2) is 14.4 Å². The van der Waals surface area contributed by atoms with Gasteiger partial charge in [-0.1, -0.05) is 69.2 Å². The highest BCUT2D eigenvalue weighted by Gasteiger charge is 2.50. The van der Waals surface area contributed by atoms with Gasteiger partial charge in [0.05, 0.1) is 30.1 Å². The first kappa shape index (κ1) is 68.2. The number of carboxylic acid groups (broad SMARTS) is 1. The summed E-state index contributed by atoms with van der Waals surface area (Å²) >= 11 is 4.40. The normalized spacial score (nSPS) is 14.4. The summed E-state index contributed by atoms with van der Waals surface area (Å²) < 4.78 is 34.9. The van der Waals surface area contributed by atoms with Gasteiger partial charge in [-0.15, -0.1) is 0 Å². The number of nitrogens with zero attached hydrogens (tertiary/aromatic N) is 5. The molecule has 0 aromatic carbocycles. The zero-order valence-electron chi connectivity index (χ0n) is 39.1. The van der Waals surface area contributed by atoms with Gasteiger partial charge < -0.3 is 53.6 Å². The number of urea groups is 1. The van der Waals surface area contributed by atoms with Crippen LogP contribution in [0.5, 0.6) is 0 Å². The van der Waals surface area contributed by atoms with Gasteiger partial charge in [0.25, 0.3) is 0 Å². The van der Waals surface area contributed by atoms with E-state index in [9.17, 15) is 24.0 Å². The number of hydrogen-bond acceptors (Lipinski definition) is 15. The number of amidine groups is 1. The summed E-state index contributed by atoms with van der Waals surface area (Å²) in [7, 11) is 1.14. The summed E-state index contributed by atoms with van der Waals surface area (Å²) in [4.78, 5) is 60.6. The third kappa shape index (κ3) is 45.1. The van der Waals surface area contributed by atoms with E-state index in [-0.39, 0.29) is 56.1 Å². The highest BCUT2D eigenvalue weighted by molar-refractivity contribution is 9.09. The minimum atomic E-state index is -0.904. The van der Waals surface area contributed by atoms with E-state index in [4.69, 9.17) is 44.4 Å². The smallest absolute Gasteiger partial charge is 0.480 e. The number of carbonyl (C=O) groups is 5. The van der Waals surface area contributed by atoms with Crippen molar-refractivity contribution in [2.45, 2.75) is 119 Å².